The van der Waals surface area contributed by atoms with Crippen molar-refractivity contribution in [1.29, 1.82) is 0 Å². The van der Waals surface area contributed by atoms with E-state index >= 15 is 0 Å². The van der Waals surface area contributed by atoms with Gasteiger partial charge in [0.2, 0.25) is 0 Å². The molecule has 4 heterocycles. The van der Waals surface area contributed by atoms with Crippen molar-refractivity contribution >= 4 is 5.82 Å². The number of pyridine rings is 2. The highest BCUT2D eigenvalue weighted by molar-refractivity contribution is 5.41. The first-order valence-corrected chi connectivity index (χ1v) is 9.03. The normalized spacial score (nSPS) is 23.5. The van der Waals surface area contributed by atoms with Gasteiger partial charge in [-0.3, -0.25) is 9.88 Å². The lowest BCUT2D eigenvalue weighted by atomic mass is 9.92. The van der Waals surface area contributed by atoms with E-state index in [1.165, 1.54) is 18.3 Å². The van der Waals surface area contributed by atoms with E-state index in [-0.39, 0.29) is 11.9 Å². The Morgan fingerprint density at radius 3 is 2.70 bits per heavy atom. The van der Waals surface area contributed by atoms with Crippen LogP contribution in [-0.4, -0.2) is 40.5 Å². The highest BCUT2D eigenvalue weighted by Crippen LogP contribution is 2.35. The van der Waals surface area contributed by atoms with Crippen LogP contribution in [0.1, 0.15) is 24.1 Å². The van der Waals surface area contributed by atoms with Gasteiger partial charge in [0.1, 0.15) is 17.3 Å². The van der Waals surface area contributed by atoms with Gasteiger partial charge < -0.3 is 4.90 Å². The van der Waals surface area contributed by atoms with E-state index < -0.39 is 11.9 Å². The lowest BCUT2D eigenvalue weighted by Gasteiger charge is -2.39. The molecule has 2 fully saturated rings. The molecular weight excluding hydrogens is 360 g/mol. The SMILES string of the molecule is Fc1cncc(CN2CCC3CCN(c4cccc(C(F)(F)F)n4)CC32)c1. The summed E-state index contributed by atoms with van der Waals surface area (Å²) in [7, 11) is 0. The monoisotopic (exact) mass is 380 g/mol. The Hall–Kier alpha value is -2.22. The van der Waals surface area contributed by atoms with E-state index in [2.05, 4.69) is 14.9 Å². The number of aromatic nitrogens is 2. The van der Waals surface area contributed by atoms with Crippen molar-refractivity contribution < 1.29 is 17.6 Å². The Bertz CT molecular complexity index is 810. The van der Waals surface area contributed by atoms with Crippen molar-refractivity contribution in [3.8, 4) is 0 Å². The van der Waals surface area contributed by atoms with E-state index in [9.17, 15) is 17.6 Å². The molecule has 0 bridgehead atoms. The topological polar surface area (TPSA) is 32.3 Å². The second kappa shape index (κ2) is 7.07. The summed E-state index contributed by atoms with van der Waals surface area (Å²) in [4.78, 5) is 11.9. The molecule has 0 N–H and O–H groups in total. The lowest BCUT2D eigenvalue weighted by molar-refractivity contribution is -0.141. The number of nitrogens with zero attached hydrogens (tertiary/aromatic N) is 4. The van der Waals surface area contributed by atoms with Gasteiger partial charge in [-0.05, 0) is 49.1 Å². The van der Waals surface area contributed by atoms with Crippen LogP contribution < -0.4 is 4.90 Å². The molecule has 27 heavy (non-hydrogen) atoms. The molecule has 0 radical (unpaired) electrons. The van der Waals surface area contributed by atoms with Gasteiger partial charge in [-0.25, -0.2) is 9.37 Å². The van der Waals surface area contributed by atoms with Crippen LogP contribution in [0.4, 0.5) is 23.4 Å². The van der Waals surface area contributed by atoms with Gasteiger partial charge in [0.05, 0.1) is 6.20 Å². The van der Waals surface area contributed by atoms with E-state index in [1.807, 2.05) is 4.90 Å². The van der Waals surface area contributed by atoms with Gasteiger partial charge in [0.15, 0.2) is 0 Å². The van der Waals surface area contributed by atoms with Gasteiger partial charge in [-0.1, -0.05) is 6.07 Å². The molecule has 2 atom stereocenters. The minimum absolute atomic E-state index is 0.221. The molecule has 2 aliphatic rings. The molecule has 2 aromatic rings. The second-order valence-electron chi connectivity index (χ2n) is 7.21. The summed E-state index contributed by atoms with van der Waals surface area (Å²) in [5.41, 5.74) is -0.0544. The van der Waals surface area contributed by atoms with Gasteiger partial charge in [0.25, 0.3) is 0 Å². The van der Waals surface area contributed by atoms with Crippen LogP contribution in [0.25, 0.3) is 0 Å². The van der Waals surface area contributed by atoms with E-state index in [4.69, 9.17) is 0 Å². The number of likely N-dealkylation sites (tertiary alicyclic amines) is 1. The maximum atomic E-state index is 13.4. The molecule has 0 spiro atoms. The third kappa shape index (κ3) is 3.90. The molecule has 2 aliphatic heterocycles. The number of hydrogen-bond acceptors (Lipinski definition) is 4. The van der Waals surface area contributed by atoms with Crippen LogP contribution in [0, 0.1) is 11.7 Å². The predicted molar refractivity (Wildman–Crippen MR) is 92.6 cm³/mol. The maximum absolute atomic E-state index is 13.4. The molecular formula is C19H20F4N4. The summed E-state index contributed by atoms with van der Waals surface area (Å²) in [5.74, 6) is 0.512. The lowest BCUT2D eigenvalue weighted by Crippen LogP contribution is -2.48. The summed E-state index contributed by atoms with van der Waals surface area (Å²) in [6.07, 6.45) is 0.360. The fraction of sp³-hybridized carbons (Fsp3) is 0.474. The number of fused-ring (bicyclic) bond motifs is 1. The van der Waals surface area contributed by atoms with Crippen LogP contribution in [0.3, 0.4) is 0 Å². The molecule has 0 aliphatic carbocycles. The number of rotatable bonds is 3. The molecule has 2 saturated heterocycles. The first-order chi connectivity index (χ1) is 12.9. The largest absolute Gasteiger partial charge is 0.433 e. The summed E-state index contributed by atoms with van der Waals surface area (Å²) >= 11 is 0. The Labute approximate surface area is 154 Å². The molecule has 2 unspecified atom stereocenters. The third-order valence-corrected chi connectivity index (χ3v) is 5.47. The van der Waals surface area contributed by atoms with Crippen molar-refractivity contribution in [2.45, 2.75) is 31.6 Å². The third-order valence-electron chi connectivity index (χ3n) is 5.47. The first kappa shape index (κ1) is 18.2. The summed E-state index contributed by atoms with van der Waals surface area (Å²) < 4.78 is 52.3. The fourth-order valence-corrected chi connectivity index (χ4v) is 4.17. The molecule has 4 nitrogen and oxygen atoms in total. The molecule has 2 aromatic heterocycles. The number of alkyl halides is 3. The minimum Gasteiger partial charge on any atom is -0.355 e. The van der Waals surface area contributed by atoms with E-state index in [0.29, 0.717) is 31.4 Å². The van der Waals surface area contributed by atoms with Crippen molar-refractivity contribution in [2.75, 3.05) is 24.5 Å². The molecule has 8 heteroatoms. The van der Waals surface area contributed by atoms with Crippen molar-refractivity contribution in [2.24, 2.45) is 5.92 Å². The van der Waals surface area contributed by atoms with Gasteiger partial charge in [-0.2, -0.15) is 13.2 Å². The Morgan fingerprint density at radius 1 is 1.11 bits per heavy atom. The molecule has 4 rings (SSSR count). The van der Waals surface area contributed by atoms with Crippen LogP contribution in [0.5, 0.6) is 0 Å². The van der Waals surface area contributed by atoms with E-state index in [1.54, 1.807) is 12.3 Å². The predicted octanol–water partition coefficient (Wildman–Crippen LogP) is 3.74. The van der Waals surface area contributed by atoms with Crippen molar-refractivity contribution in [3.63, 3.8) is 0 Å². The highest BCUT2D eigenvalue weighted by atomic mass is 19.4. The number of halogens is 4. The Balaban J connectivity index is 1.50. The number of piperidine rings is 1. The summed E-state index contributed by atoms with van der Waals surface area (Å²) in [5, 5.41) is 0. The van der Waals surface area contributed by atoms with Crippen LogP contribution >= 0.6 is 0 Å². The van der Waals surface area contributed by atoms with Crippen LogP contribution in [0.2, 0.25) is 0 Å². The smallest absolute Gasteiger partial charge is 0.355 e. The van der Waals surface area contributed by atoms with Crippen molar-refractivity contribution in [1.82, 2.24) is 14.9 Å². The molecule has 144 valence electrons. The van der Waals surface area contributed by atoms with Gasteiger partial charge in [-0.15, -0.1) is 0 Å². The quantitative estimate of drug-likeness (QED) is 0.760. The molecule has 0 aromatic carbocycles. The number of anilines is 1. The minimum atomic E-state index is -4.45. The fourth-order valence-electron chi connectivity index (χ4n) is 4.17. The summed E-state index contributed by atoms with van der Waals surface area (Å²) in [6.45, 7) is 2.82. The van der Waals surface area contributed by atoms with E-state index in [0.717, 1.165) is 31.0 Å². The average molecular weight is 380 g/mol. The maximum Gasteiger partial charge on any atom is 0.433 e. The zero-order chi connectivity index (χ0) is 19.0. The van der Waals surface area contributed by atoms with Crippen molar-refractivity contribution in [3.05, 3.63) is 53.7 Å². The molecule has 0 amide bonds. The Morgan fingerprint density at radius 2 is 1.93 bits per heavy atom. The Kier molecular flexibility index (Phi) is 4.75. The zero-order valence-electron chi connectivity index (χ0n) is 14.7. The average Bonchev–Trinajstić information content (AvgIpc) is 3.03. The van der Waals surface area contributed by atoms with Gasteiger partial charge >= 0.3 is 6.18 Å². The number of hydrogen-bond donors (Lipinski definition) is 0. The summed E-state index contributed by atoms with van der Waals surface area (Å²) in [6, 6.07) is 5.73. The first-order valence-electron chi connectivity index (χ1n) is 9.03. The van der Waals surface area contributed by atoms with Crippen LogP contribution in [0.15, 0.2) is 36.7 Å². The second-order valence-corrected chi connectivity index (χ2v) is 7.21. The van der Waals surface area contributed by atoms with Crippen LogP contribution in [-0.2, 0) is 12.7 Å². The van der Waals surface area contributed by atoms with Gasteiger partial charge in [0, 0.05) is 31.9 Å². The standard InChI is InChI=1S/C19H20F4N4/c20-15-8-13(9-24-10-15)11-26-6-4-14-5-7-27(12-16(14)26)18-3-1-2-17(25-18)19(21,22)23/h1-3,8-10,14,16H,4-7,11-12H2. The molecule has 0 saturated carbocycles. The zero-order valence-corrected chi connectivity index (χ0v) is 14.7. The highest BCUT2D eigenvalue weighted by Gasteiger charge is 2.39.